The van der Waals surface area contributed by atoms with E-state index < -0.39 is 0 Å². The summed E-state index contributed by atoms with van der Waals surface area (Å²) in [6.45, 7) is 2.98. The molecule has 140 valence electrons. The van der Waals surface area contributed by atoms with Gasteiger partial charge >= 0.3 is 0 Å². The van der Waals surface area contributed by atoms with Gasteiger partial charge in [0.1, 0.15) is 5.75 Å². The first-order valence-corrected chi connectivity index (χ1v) is 9.11. The van der Waals surface area contributed by atoms with Gasteiger partial charge in [0, 0.05) is 30.3 Å². The van der Waals surface area contributed by atoms with E-state index in [1.54, 1.807) is 12.0 Å². The summed E-state index contributed by atoms with van der Waals surface area (Å²) >= 11 is 0. The van der Waals surface area contributed by atoms with Gasteiger partial charge in [0.05, 0.1) is 24.9 Å². The molecule has 3 heterocycles. The number of benzene rings is 1. The normalized spacial score (nSPS) is 14.7. The maximum absolute atomic E-state index is 12.6. The lowest BCUT2D eigenvalue weighted by Gasteiger charge is -2.26. The molecule has 2 aromatic heterocycles. The van der Waals surface area contributed by atoms with E-state index in [-0.39, 0.29) is 11.5 Å². The number of ether oxygens (including phenoxy) is 1. The number of carbonyl (C=O) groups is 1. The Labute approximate surface area is 156 Å². The minimum absolute atomic E-state index is 0.124. The first-order chi connectivity index (χ1) is 13.1. The largest absolute Gasteiger partial charge is 0.496 e. The van der Waals surface area contributed by atoms with Gasteiger partial charge in [0.2, 0.25) is 5.91 Å². The summed E-state index contributed by atoms with van der Waals surface area (Å²) in [7, 11) is 1.62. The van der Waals surface area contributed by atoms with Crippen molar-refractivity contribution in [3.63, 3.8) is 0 Å². The van der Waals surface area contributed by atoms with Gasteiger partial charge in [-0.25, -0.2) is 9.50 Å². The molecule has 27 heavy (non-hydrogen) atoms. The highest BCUT2D eigenvalue weighted by molar-refractivity contribution is 5.83. The van der Waals surface area contributed by atoms with Gasteiger partial charge < -0.3 is 9.64 Å². The number of nitrogens with one attached hydrogen (secondary N) is 1. The SMILES string of the molecule is COc1ccccc1-c1c(C)[nH]n2c(=O)cc(CN3CCCCC3=O)nc12. The zero-order chi connectivity index (χ0) is 19.0. The predicted octanol–water partition coefficient (Wildman–Crippen LogP) is 2.52. The predicted molar refractivity (Wildman–Crippen MR) is 102 cm³/mol. The summed E-state index contributed by atoms with van der Waals surface area (Å²) in [6.07, 6.45) is 2.49. The van der Waals surface area contributed by atoms with E-state index in [4.69, 9.17) is 9.72 Å². The Morgan fingerprint density at radius 3 is 2.81 bits per heavy atom. The highest BCUT2D eigenvalue weighted by atomic mass is 16.5. The fourth-order valence-electron chi connectivity index (χ4n) is 3.68. The maximum Gasteiger partial charge on any atom is 0.272 e. The van der Waals surface area contributed by atoms with Crippen molar-refractivity contribution >= 4 is 11.6 Å². The number of hydrogen-bond acceptors (Lipinski definition) is 4. The summed E-state index contributed by atoms with van der Waals surface area (Å²) < 4.78 is 6.93. The number of aromatic nitrogens is 3. The molecule has 1 N–H and O–H groups in total. The Bertz CT molecular complexity index is 1070. The number of piperidine rings is 1. The van der Waals surface area contributed by atoms with Gasteiger partial charge in [-0.15, -0.1) is 0 Å². The second-order valence-corrected chi connectivity index (χ2v) is 6.83. The number of rotatable bonds is 4. The van der Waals surface area contributed by atoms with Crippen molar-refractivity contribution < 1.29 is 9.53 Å². The molecule has 0 unspecified atom stereocenters. The van der Waals surface area contributed by atoms with Crippen LogP contribution in [0.3, 0.4) is 0 Å². The molecule has 1 amide bonds. The van der Waals surface area contributed by atoms with Gasteiger partial charge in [0.25, 0.3) is 5.56 Å². The van der Waals surface area contributed by atoms with Crippen LogP contribution in [0.15, 0.2) is 35.1 Å². The highest BCUT2D eigenvalue weighted by Crippen LogP contribution is 2.34. The number of amides is 1. The van der Waals surface area contributed by atoms with Crippen molar-refractivity contribution in [1.29, 1.82) is 0 Å². The molecule has 1 fully saturated rings. The van der Waals surface area contributed by atoms with Crippen LogP contribution in [0.1, 0.15) is 30.7 Å². The Balaban J connectivity index is 1.83. The van der Waals surface area contributed by atoms with Crippen LogP contribution in [-0.2, 0) is 11.3 Å². The van der Waals surface area contributed by atoms with Crippen molar-refractivity contribution in [3.8, 4) is 16.9 Å². The van der Waals surface area contributed by atoms with Gasteiger partial charge in [-0.2, -0.15) is 0 Å². The van der Waals surface area contributed by atoms with E-state index in [0.717, 1.165) is 29.7 Å². The molecular formula is C20H22N4O3. The van der Waals surface area contributed by atoms with E-state index in [9.17, 15) is 9.59 Å². The molecule has 7 nitrogen and oxygen atoms in total. The van der Waals surface area contributed by atoms with E-state index in [2.05, 4.69) is 5.10 Å². The number of likely N-dealkylation sites (tertiary alicyclic amines) is 1. The minimum atomic E-state index is -0.191. The van der Waals surface area contributed by atoms with Gasteiger partial charge in [-0.05, 0) is 25.8 Å². The number of fused-ring (bicyclic) bond motifs is 1. The third kappa shape index (κ3) is 3.09. The van der Waals surface area contributed by atoms with Crippen LogP contribution >= 0.6 is 0 Å². The van der Waals surface area contributed by atoms with Gasteiger partial charge in [-0.1, -0.05) is 18.2 Å². The van der Waals surface area contributed by atoms with Crippen LogP contribution in [0.4, 0.5) is 0 Å². The summed E-state index contributed by atoms with van der Waals surface area (Å²) in [5.74, 6) is 0.839. The van der Waals surface area contributed by atoms with Crippen LogP contribution in [0.25, 0.3) is 16.8 Å². The monoisotopic (exact) mass is 366 g/mol. The standard InChI is InChI=1S/C20H22N4O3/c1-13-19(15-7-3-4-8-16(15)27-2)20-21-14(11-18(26)24(20)22-13)12-23-10-6-5-9-17(23)25/h3-4,7-8,11,22H,5-6,9-10,12H2,1-2H3. The summed E-state index contributed by atoms with van der Waals surface area (Å²) in [5.41, 5.74) is 3.49. The fourth-order valence-corrected chi connectivity index (χ4v) is 3.68. The molecule has 0 spiro atoms. The summed E-state index contributed by atoms with van der Waals surface area (Å²) in [4.78, 5) is 31.2. The third-order valence-corrected chi connectivity index (χ3v) is 5.00. The number of aromatic amines is 1. The number of para-hydroxylation sites is 1. The Hall–Kier alpha value is -3.09. The van der Waals surface area contributed by atoms with Crippen LogP contribution in [0, 0.1) is 6.92 Å². The molecule has 0 atom stereocenters. The third-order valence-electron chi connectivity index (χ3n) is 5.00. The topological polar surface area (TPSA) is 79.7 Å². The smallest absolute Gasteiger partial charge is 0.272 e. The highest BCUT2D eigenvalue weighted by Gasteiger charge is 2.21. The molecule has 0 bridgehead atoms. The molecule has 7 heteroatoms. The first kappa shape index (κ1) is 17.3. The van der Waals surface area contributed by atoms with Crippen molar-refractivity contribution in [2.45, 2.75) is 32.7 Å². The van der Waals surface area contributed by atoms with E-state index >= 15 is 0 Å². The number of carbonyl (C=O) groups excluding carboxylic acids is 1. The Morgan fingerprint density at radius 1 is 1.22 bits per heavy atom. The Morgan fingerprint density at radius 2 is 2.04 bits per heavy atom. The van der Waals surface area contributed by atoms with Crippen LogP contribution in [0.2, 0.25) is 0 Å². The minimum Gasteiger partial charge on any atom is -0.496 e. The number of H-pyrrole nitrogens is 1. The molecule has 1 aliphatic rings. The molecule has 1 saturated heterocycles. The lowest BCUT2D eigenvalue weighted by Crippen LogP contribution is -2.35. The summed E-state index contributed by atoms with van der Waals surface area (Å²) in [6, 6.07) is 9.15. The molecule has 4 rings (SSSR count). The van der Waals surface area contributed by atoms with Crippen LogP contribution in [0.5, 0.6) is 5.75 Å². The number of nitrogens with zero attached hydrogens (tertiary/aromatic N) is 3. The maximum atomic E-state index is 12.6. The Kier molecular flexibility index (Phi) is 4.43. The quantitative estimate of drug-likeness (QED) is 0.769. The number of methoxy groups -OCH3 is 1. The van der Waals surface area contributed by atoms with Crippen LogP contribution < -0.4 is 10.3 Å². The van der Waals surface area contributed by atoms with E-state index in [1.165, 1.54) is 10.6 Å². The molecule has 1 aliphatic heterocycles. The van der Waals surface area contributed by atoms with Gasteiger partial charge in [0.15, 0.2) is 5.65 Å². The number of hydrogen-bond donors (Lipinski definition) is 1. The van der Waals surface area contributed by atoms with Crippen molar-refractivity contribution in [2.24, 2.45) is 0 Å². The fraction of sp³-hybridized carbons (Fsp3) is 0.350. The van der Waals surface area contributed by atoms with Gasteiger partial charge in [-0.3, -0.25) is 14.7 Å². The lowest BCUT2D eigenvalue weighted by atomic mass is 10.1. The second-order valence-electron chi connectivity index (χ2n) is 6.83. The van der Waals surface area contributed by atoms with Crippen molar-refractivity contribution in [3.05, 3.63) is 52.1 Å². The van der Waals surface area contributed by atoms with Crippen LogP contribution in [-0.4, -0.2) is 39.1 Å². The average molecular weight is 366 g/mol. The molecule has 3 aromatic rings. The number of aryl methyl sites for hydroxylation is 1. The van der Waals surface area contributed by atoms with Crippen molar-refractivity contribution in [2.75, 3.05) is 13.7 Å². The lowest BCUT2D eigenvalue weighted by molar-refractivity contribution is -0.133. The second kappa shape index (κ2) is 6.90. The first-order valence-electron chi connectivity index (χ1n) is 9.11. The zero-order valence-electron chi connectivity index (χ0n) is 15.5. The molecular weight excluding hydrogens is 344 g/mol. The molecule has 1 aromatic carbocycles. The molecule has 0 aliphatic carbocycles. The van der Waals surface area contributed by atoms with E-state index in [0.29, 0.717) is 36.6 Å². The molecule has 0 radical (unpaired) electrons. The summed E-state index contributed by atoms with van der Waals surface area (Å²) in [5, 5.41) is 3.09. The van der Waals surface area contributed by atoms with E-state index in [1.807, 2.05) is 31.2 Å². The average Bonchev–Trinajstić information content (AvgIpc) is 3.00. The zero-order valence-corrected chi connectivity index (χ0v) is 15.5. The van der Waals surface area contributed by atoms with Crippen molar-refractivity contribution in [1.82, 2.24) is 19.5 Å². The molecule has 0 saturated carbocycles.